The van der Waals surface area contributed by atoms with Gasteiger partial charge in [0.05, 0.1) is 30.1 Å². The van der Waals surface area contributed by atoms with Crippen LogP contribution in [-0.4, -0.2) is 98.4 Å². The maximum atomic E-state index is 12.7. The van der Waals surface area contributed by atoms with E-state index in [0.717, 1.165) is 25.7 Å². The number of hydrogen-bond acceptors (Lipinski definition) is 5. The first-order valence-corrected chi connectivity index (χ1v) is 10.8. The number of urea groups is 1. The van der Waals surface area contributed by atoms with Gasteiger partial charge in [-0.1, -0.05) is 12.8 Å². The zero-order chi connectivity index (χ0) is 18.2. The standard InChI is InChI=1S/C16H28N4O4S/c1-18(2)9-15(21)19-7-8-20(14-11-25(23,24)10-13(14)19)16(22)17-12-5-3-4-6-12/h12-14H,3-11H2,1-2H3,(H,17,22)/t13-,14+/m1/s1. The van der Waals surface area contributed by atoms with Gasteiger partial charge in [-0.2, -0.15) is 0 Å². The maximum absolute atomic E-state index is 12.7. The molecule has 2 heterocycles. The number of nitrogens with one attached hydrogen (secondary N) is 1. The van der Waals surface area contributed by atoms with Crippen molar-refractivity contribution in [2.75, 3.05) is 45.2 Å². The molecule has 0 bridgehead atoms. The van der Waals surface area contributed by atoms with Crippen molar-refractivity contribution in [1.82, 2.24) is 20.0 Å². The number of carbonyl (C=O) groups is 2. The fourth-order valence-electron chi connectivity index (χ4n) is 4.20. The van der Waals surface area contributed by atoms with E-state index in [1.165, 1.54) is 0 Å². The lowest BCUT2D eigenvalue weighted by molar-refractivity contribution is -0.136. The molecule has 3 amide bonds. The molecule has 25 heavy (non-hydrogen) atoms. The molecule has 0 aromatic rings. The van der Waals surface area contributed by atoms with Gasteiger partial charge in [-0.25, -0.2) is 13.2 Å². The van der Waals surface area contributed by atoms with Crippen molar-refractivity contribution in [2.45, 2.75) is 43.8 Å². The van der Waals surface area contributed by atoms with Crippen LogP contribution in [0, 0.1) is 0 Å². The Morgan fingerprint density at radius 1 is 1.04 bits per heavy atom. The van der Waals surface area contributed by atoms with Crippen molar-refractivity contribution in [2.24, 2.45) is 0 Å². The highest BCUT2D eigenvalue weighted by Gasteiger charge is 2.49. The number of piperazine rings is 1. The van der Waals surface area contributed by atoms with Crippen LogP contribution in [0.15, 0.2) is 0 Å². The Hall–Kier alpha value is -1.35. The van der Waals surface area contributed by atoms with Gasteiger partial charge in [0.25, 0.3) is 0 Å². The monoisotopic (exact) mass is 372 g/mol. The van der Waals surface area contributed by atoms with E-state index < -0.39 is 21.9 Å². The Morgan fingerprint density at radius 2 is 1.60 bits per heavy atom. The normalized spacial score (nSPS) is 29.1. The van der Waals surface area contributed by atoms with Crippen LogP contribution in [0.25, 0.3) is 0 Å². The molecule has 3 aliphatic rings. The summed E-state index contributed by atoms with van der Waals surface area (Å²) in [7, 11) is 0.377. The van der Waals surface area contributed by atoms with E-state index >= 15 is 0 Å². The van der Waals surface area contributed by atoms with Crippen molar-refractivity contribution >= 4 is 21.8 Å². The van der Waals surface area contributed by atoms with Crippen LogP contribution in [0.4, 0.5) is 4.79 Å². The molecule has 3 rings (SSSR count). The molecule has 3 fully saturated rings. The van der Waals surface area contributed by atoms with E-state index in [4.69, 9.17) is 0 Å². The molecular formula is C16H28N4O4S. The van der Waals surface area contributed by atoms with Gasteiger partial charge < -0.3 is 20.0 Å². The second-order valence-corrected chi connectivity index (χ2v) is 9.81. The maximum Gasteiger partial charge on any atom is 0.318 e. The topological polar surface area (TPSA) is 90.0 Å². The minimum absolute atomic E-state index is 0.0515. The number of likely N-dealkylation sites (N-methyl/N-ethyl adjacent to an activating group) is 1. The summed E-state index contributed by atoms with van der Waals surface area (Å²) in [6.45, 7) is 1.02. The molecule has 0 aromatic carbocycles. The Morgan fingerprint density at radius 3 is 2.20 bits per heavy atom. The summed E-state index contributed by atoms with van der Waals surface area (Å²) < 4.78 is 24.4. The van der Waals surface area contributed by atoms with Crippen LogP contribution in [-0.2, 0) is 14.6 Å². The number of carbonyl (C=O) groups excluding carboxylic acids is 2. The highest BCUT2D eigenvalue weighted by atomic mass is 32.2. The zero-order valence-corrected chi connectivity index (χ0v) is 15.8. The van der Waals surface area contributed by atoms with Gasteiger partial charge in [-0.05, 0) is 26.9 Å². The van der Waals surface area contributed by atoms with E-state index in [9.17, 15) is 18.0 Å². The number of rotatable bonds is 3. The van der Waals surface area contributed by atoms with Crippen LogP contribution in [0.2, 0.25) is 0 Å². The summed E-state index contributed by atoms with van der Waals surface area (Å²) >= 11 is 0. The summed E-state index contributed by atoms with van der Waals surface area (Å²) in [6.07, 6.45) is 4.22. The lowest BCUT2D eigenvalue weighted by atomic mass is 10.0. The van der Waals surface area contributed by atoms with Gasteiger partial charge in [0.1, 0.15) is 0 Å². The van der Waals surface area contributed by atoms with E-state index in [2.05, 4.69) is 5.32 Å². The fraction of sp³-hybridized carbons (Fsp3) is 0.875. The molecule has 2 saturated heterocycles. The van der Waals surface area contributed by atoms with Crippen molar-refractivity contribution in [3.63, 3.8) is 0 Å². The van der Waals surface area contributed by atoms with Crippen molar-refractivity contribution < 1.29 is 18.0 Å². The summed E-state index contributed by atoms with van der Waals surface area (Å²) in [6, 6.07) is -0.858. The van der Waals surface area contributed by atoms with Crippen LogP contribution < -0.4 is 5.32 Å². The molecule has 1 saturated carbocycles. The van der Waals surface area contributed by atoms with Crippen LogP contribution in [0.1, 0.15) is 25.7 Å². The average Bonchev–Trinajstić information content (AvgIpc) is 3.10. The average molecular weight is 372 g/mol. The number of sulfone groups is 1. The largest absolute Gasteiger partial charge is 0.335 e. The van der Waals surface area contributed by atoms with Crippen molar-refractivity contribution in [3.8, 4) is 0 Å². The first-order valence-electron chi connectivity index (χ1n) is 8.98. The lowest BCUT2D eigenvalue weighted by Gasteiger charge is -2.44. The third kappa shape index (κ3) is 4.08. The smallest absolute Gasteiger partial charge is 0.318 e. The number of nitrogens with zero attached hydrogens (tertiary/aromatic N) is 3. The molecule has 2 atom stereocenters. The molecule has 8 nitrogen and oxygen atoms in total. The Kier molecular flexibility index (Phi) is 5.24. The van der Waals surface area contributed by atoms with Crippen LogP contribution in [0.5, 0.6) is 0 Å². The molecule has 0 unspecified atom stereocenters. The molecule has 0 radical (unpaired) electrons. The first kappa shape index (κ1) is 18.4. The van der Waals surface area contributed by atoms with Crippen LogP contribution >= 0.6 is 0 Å². The number of amides is 3. The number of hydrogen-bond donors (Lipinski definition) is 1. The van der Waals surface area contributed by atoms with Crippen molar-refractivity contribution in [3.05, 3.63) is 0 Å². The molecular weight excluding hydrogens is 344 g/mol. The highest BCUT2D eigenvalue weighted by Crippen LogP contribution is 2.28. The molecule has 0 aromatic heterocycles. The fourth-order valence-corrected chi connectivity index (χ4v) is 6.18. The predicted molar refractivity (Wildman–Crippen MR) is 94.0 cm³/mol. The lowest BCUT2D eigenvalue weighted by Crippen LogP contribution is -2.64. The van der Waals surface area contributed by atoms with Gasteiger partial charge in [0, 0.05) is 19.1 Å². The first-order chi connectivity index (χ1) is 11.8. The van der Waals surface area contributed by atoms with E-state index in [1.54, 1.807) is 14.7 Å². The minimum Gasteiger partial charge on any atom is -0.335 e. The second-order valence-electron chi connectivity index (χ2n) is 7.66. The molecule has 1 aliphatic carbocycles. The third-order valence-electron chi connectivity index (χ3n) is 5.39. The third-order valence-corrected chi connectivity index (χ3v) is 7.09. The molecule has 142 valence electrons. The van der Waals surface area contributed by atoms with Gasteiger partial charge >= 0.3 is 6.03 Å². The zero-order valence-electron chi connectivity index (χ0n) is 15.0. The Labute approximate surface area is 149 Å². The molecule has 2 aliphatic heterocycles. The summed E-state index contributed by atoms with van der Waals surface area (Å²) in [4.78, 5) is 30.2. The van der Waals surface area contributed by atoms with Gasteiger partial charge in [-0.15, -0.1) is 0 Å². The predicted octanol–water partition coefficient (Wildman–Crippen LogP) is -0.490. The minimum atomic E-state index is -3.25. The molecule has 9 heteroatoms. The second kappa shape index (κ2) is 7.11. The summed E-state index contributed by atoms with van der Waals surface area (Å²) in [5, 5.41) is 3.05. The summed E-state index contributed by atoms with van der Waals surface area (Å²) in [5.74, 6) is -0.182. The summed E-state index contributed by atoms with van der Waals surface area (Å²) in [5.41, 5.74) is 0. The van der Waals surface area contributed by atoms with Gasteiger partial charge in [-0.3, -0.25) is 4.79 Å². The van der Waals surface area contributed by atoms with Gasteiger partial charge in [0.15, 0.2) is 9.84 Å². The van der Waals surface area contributed by atoms with Crippen LogP contribution in [0.3, 0.4) is 0 Å². The Bertz CT molecular complexity index is 630. The Balaban J connectivity index is 1.73. The van der Waals surface area contributed by atoms with E-state index in [-0.39, 0.29) is 36.0 Å². The van der Waals surface area contributed by atoms with Gasteiger partial charge in [0.2, 0.25) is 5.91 Å². The number of fused-ring (bicyclic) bond motifs is 1. The molecule has 1 N–H and O–H groups in total. The molecule has 0 spiro atoms. The quantitative estimate of drug-likeness (QED) is 0.722. The van der Waals surface area contributed by atoms with Crippen molar-refractivity contribution in [1.29, 1.82) is 0 Å². The highest BCUT2D eigenvalue weighted by molar-refractivity contribution is 7.91. The SMILES string of the molecule is CN(C)CC(=O)N1CCN(C(=O)NC2CCCC2)[C@H]2CS(=O)(=O)C[C@H]21. The van der Waals surface area contributed by atoms with E-state index in [1.807, 2.05) is 14.1 Å². The van der Waals surface area contributed by atoms with E-state index in [0.29, 0.717) is 13.1 Å².